The molecule has 0 bridgehead atoms. The van der Waals surface area contributed by atoms with Crippen LogP contribution in [0.15, 0.2) is 54.9 Å². The van der Waals surface area contributed by atoms with E-state index in [4.69, 9.17) is 0 Å². The number of aromatic nitrogens is 1. The van der Waals surface area contributed by atoms with Crippen molar-refractivity contribution in [3.63, 3.8) is 0 Å². The third-order valence-electron chi connectivity index (χ3n) is 6.83. The average Bonchev–Trinajstić information content (AvgIpc) is 2.97. The van der Waals surface area contributed by atoms with Crippen molar-refractivity contribution in [3.05, 3.63) is 66.0 Å². The molecule has 5 atom stereocenters. The number of aliphatic hydroxyl groups is 2. The van der Waals surface area contributed by atoms with Crippen molar-refractivity contribution in [1.82, 2.24) is 20.9 Å². The Morgan fingerprint density at radius 2 is 1.62 bits per heavy atom. The number of carbonyl (C=O) groups is 3. The highest BCUT2D eigenvalue weighted by atomic mass is 32.2. The Balaban J connectivity index is 2.20. The first-order valence-electron chi connectivity index (χ1n) is 14.2. The van der Waals surface area contributed by atoms with Gasteiger partial charge in [-0.15, -0.1) is 0 Å². The monoisotopic (exact) mass is 604 g/mol. The summed E-state index contributed by atoms with van der Waals surface area (Å²) in [7, 11) is -3.72. The molecule has 11 nitrogen and oxygen atoms in total. The SMILES string of the molecule is CCCCS(=O)(=O)CC(NC(=O)c1cccnc1)C(=O)N[C@@H](CC(C)C)[C@@H](O)[C@H](O)[C@@H](C)C(=O)NCc1ccccc1. The zero-order valence-corrected chi connectivity index (χ0v) is 25.5. The van der Waals surface area contributed by atoms with Crippen molar-refractivity contribution in [2.75, 3.05) is 11.5 Å². The van der Waals surface area contributed by atoms with Crippen LogP contribution in [-0.2, 0) is 26.0 Å². The van der Waals surface area contributed by atoms with Gasteiger partial charge >= 0.3 is 0 Å². The van der Waals surface area contributed by atoms with Crippen molar-refractivity contribution >= 4 is 27.6 Å². The molecule has 2 rings (SSSR count). The molecule has 12 heteroatoms. The van der Waals surface area contributed by atoms with Crippen molar-refractivity contribution in [2.45, 2.75) is 77.8 Å². The standard InChI is InChI=1S/C30H44N4O7S/c1-5-6-15-42(40,41)19-25(34-29(38)23-13-10-14-31-18-23)30(39)33-24(16-20(2)3)27(36)26(35)21(4)28(37)32-17-22-11-8-7-9-12-22/h7-14,18,20-21,24-27,35-36H,5-6,15-17,19H2,1-4H3,(H,32,37)(H,33,39)(H,34,38)/t21-,24+,25?,26-,27-/m1/s1. The molecule has 1 heterocycles. The fraction of sp³-hybridized carbons (Fsp3) is 0.533. The summed E-state index contributed by atoms with van der Waals surface area (Å²) in [5.74, 6) is -3.85. The minimum atomic E-state index is -3.72. The Hall–Kier alpha value is -3.35. The third kappa shape index (κ3) is 11.5. The second-order valence-electron chi connectivity index (χ2n) is 11.0. The van der Waals surface area contributed by atoms with Gasteiger partial charge in [0.05, 0.1) is 35.1 Å². The van der Waals surface area contributed by atoms with Gasteiger partial charge in [-0.2, -0.15) is 0 Å². The summed E-state index contributed by atoms with van der Waals surface area (Å²) in [6.07, 6.45) is 0.925. The number of aliphatic hydroxyl groups excluding tert-OH is 2. The number of hydrogen-bond donors (Lipinski definition) is 5. The maximum absolute atomic E-state index is 13.5. The van der Waals surface area contributed by atoms with E-state index in [-0.39, 0.29) is 30.2 Å². The number of carbonyl (C=O) groups excluding carboxylic acids is 3. The maximum atomic E-state index is 13.5. The van der Waals surface area contributed by atoms with E-state index in [1.807, 2.05) is 51.1 Å². The van der Waals surface area contributed by atoms with Gasteiger partial charge in [0.25, 0.3) is 5.91 Å². The van der Waals surface area contributed by atoms with Gasteiger partial charge in [0, 0.05) is 18.9 Å². The van der Waals surface area contributed by atoms with Crippen LogP contribution >= 0.6 is 0 Å². The van der Waals surface area contributed by atoms with E-state index in [0.717, 1.165) is 5.56 Å². The number of sulfone groups is 1. The molecule has 1 unspecified atom stereocenters. The summed E-state index contributed by atoms with van der Waals surface area (Å²) in [4.78, 5) is 42.9. The fourth-order valence-electron chi connectivity index (χ4n) is 4.33. The molecule has 0 radical (unpaired) electrons. The molecule has 0 aliphatic rings. The number of benzene rings is 1. The average molecular weight is 605 g/mol. The number of nitrogens with zero attached hydrogens (tertiary/aromatic N) is 1. The van der Waals surface area contributed by atoms with Crippen molar-refractivity contribution < 1.29 is 33.0 Å². The van der Waals surface area contributed by atoms with E-state index in [0.29, 0.717) is 12.8 Å². The topological polar surface area (TPSA) is 175 Å². The molecule has 3 amide bonds. The molecule has 0 spiro atoms. The van der Waals surface area contributed by atoms with Gasteiger partial charge in [-0.05, 0) is 36.5 Å². The van der Waals surface area contributed by atoms with Crippen LogP contribution in [0.2, 0.25) is 0 Å². The Bertz CT molecular complexity index is 1240. The minimum Gasteiger partial charge on any atom is -0.390 e. The molecule has 42 heavy (non-hydrogen) atoms. The normalized spacial score (nSPS) is 15.2. The van der Waals surface area contributed by atoms with Gasteiger partial charge in [0.1, 0.15) is 12.1 Å². The quantitative estimate of drug-likeness (QED) is 0.181. The van der Waals surface area contributed by atoms with Crippen LogP contribution in [0.5, 0.6) is 0 Å². The number of unbranched alkanes of at least 4 members (excludes halogenated alkanes) is 1. The van der Waals surface area contributed by atoms with E-state index >= 15 is 0 Å². The smallest absolute Gasteiger partial charge is 0.253 e. The Morgan fingerprint density at radius 3 is 2.21 bits per heavy atom. The van der Waals surface area contributed by atoms with Crippen LogP contribution in [0.25, 0.3) is 0 Å². The van der Waals surface area contributed by atoms with E-state index in [1.165, 1.54) is 31.5 Å². The number of amides is 3. The lowest BCUT2D eigenvalue weighted by Crippen LogP contribution is -2.58. The molecule has 0 aliphatic carbocycles. The Kier molecular flexibility index (Phi) is 14.1. The van der Waals surface area contributed by atoms with Gasteiger partial charge in [-0.1, -0.05) is 64.4 Å². The van der Waals surface area contributed by atoms with Gasteiger partial charge < -0.3 is 26.2 Å². The lowest BCUT2D eigenvalue weighted by atomic mass is 9.89. The number of hydrogen-bond acceptors (Lipinski definition) is 8. The van der Waals surface area contributed by atoms with Crippen molar-refractivity contribution in [2.24, 2.45) is 11.8 Å². The van der Waals surface area contributed by atoms with Gasteiger partial charge in [-0.25, -0.2) is 8.42 Å². The molecule has 0 saturated carbocycles. The van der Waals surface area contributed by atoms with Crippen LogP contribution in [0, 0.1) is 11.8 Å². The van der Waals surface area contributed by atoms with E-state index in [2.05, 4.69) is 20.9 Å². The highest BCUT2D eigenvalue weighted by Crippen LogP contribution is 2.17. The summed E-state index contributed by atoms with van der Waals surface area (Å²) in [5.41, 5.74) is 1.01. The number of nitrogens with one attached hydrogen (secondary N) is 3. The van der Waals surface area contributed by atoms with Crippen LogP contribution < -0.4 is 16.0 Å². The van der Waals surface area contributed by atoms with Crippen LogP contribution in [0.3, 0.4) is 0 Å². The predicted molar refractivity (Wildman–Crippen MR) is 160 cm³/mol. The van der Waals surface area contributed by atoms with Gasteiger partial charge in [0.15, 0.2) is 9.84 Å². The number of pyridine rings is 1. The van der Waals surface area contributed by atoms with Crippen LogP contribution in [-0.4, -0.2) is 77.1 Å². The summed E-state index contributed by atoms with van der Waals surface area (Å²) in [5, 5.41) is 29.9. The van der Waals surface area contributed by atoms with Gasteiger partial charge in [-0.3, -0.25) is 19.4 Å². The second-order valence-corrected chi connectivity index (χ2v) is 13.2. The first-order chi connectivity index (χ1) is 19.8. The van der Waals surface area contributed by atoms with E-state index in [9.17, 15) is 33.0 Å². The molecule has 1 aromatic carbocycles. The van der Waals surface area contributed by atoms with Crippen LogP contribution in [0.1, 0.15) is 62.9 Å². The fourth-order valence-corrected chi connectivity index (χ4v) is 5.97. The zero-order valence-electron chi connectivity index (χ0n) is 24.7. The van der Waals surface area contributed by atoms with Crippen LogP contribution in [0.4, 0.5) is 0 Å². The summed E-state index contributed by atoms with van der Waals surface area (Å²) in [6, 6.07) is 9.73. The second kappa shape index (κ2) is 16.9. The summed E-state index contributed by atoms with van der Waals surface area (Å²) < 4.78 is 25.6. The lowest BCUT2D eigenvalue weighted by Gasteiger charge is -2.32. The zero-order chi connectivity index (χ0) is 31.3. The van der Waals surface area contributed by atoms with Crippen molar-refractivity contribution in [3.8, 4) is 0 Å². The maximum Gasteiger partial charge on any atom is 0.253 e. The minimum absolute atomic E-state index is 0.0453. The molecule has 1 aromatic heterocycles. The molecule has 0 fully saturated rings. The summed E-state index contributed by atoms with van der Waals surface area (Å²) in [6.45, 7) is 7.26. The third-order valence-corrected chi connectivity index (χ3v) is 8.58. The highest BCUT2D eigenvalue weighted by Gasteiger charge is 2.36. The molecule has 5 N–H and O–H groups in total. The van der Waals surface area contributed by atoms with Gasteiger partial charge in [0.2, 0.25) is 11.8 Å². The number of rotatable bonds is 17. The summed E-state index contributed by atoms with van der Waals surface area (Å²) >= 11 is 0. The molecule has 232 valence electrons. The molecule has 0 saturated heterocycles. The molecule has 0 aliphatic heterocycles. The largest absolute Gasteiger partial charge is 0.390 e. The Morgan fingerprint density at radius 1 is 0.929 bits per heavy atom. The molecular formula is C30H44N4O7S. The Labute approximate surface area is 248 Å². The molecular weight excluding hydrogens is 560 g/mol. The van der Waals surface area contributed by atoms with E-state index in [1.54, 1.807) is 0 Å². The first kappa shape index (κ1) is 34.8. The van der Waals surface area contributed by atoms with E-state index < -0.39 is 63.5 Å². The lowest BCUT2D eigenvalue weighted by molar-refractivity contribution is -0.133. The van der Waals surface area contributed by atoms with Crippen molar-refractivity contribution in [1.29, 1.82) is 0 Å². The molecule has 2 aromatic rings. The first-order valence-corrected chi connectivity index (χ1v) is 16.1. The predicted octanol–water partition coefficient (Wildman–Crippen LogP) is 1.60. The highest BCUT2D eigenvalue weighted by molar-refractivity contribution is 7.91.